The molecule has 79 heavy (non-hydrogen) atoms. The Morgan fingerprint density at radius 2 is 1.10 bits per heavy atom. The topological polar surface area (TPSA) is 213 Å². The van der Waals surface area contributed by atoms with E-state index < -0.39 is 33.7 Å². The number of nitrogens with zero attached hydrogens (tertiary/aromatic N) is 12. The summed E-state index contributed by atoms with van der Waals surface area (Å²) in [6.07, 6.45) is 7.65. The Bertz CT molecular complexity index is 3610. The van der Waals surface area contributed by atoms with Crippen LogP contribution in [-0.4, -0.2) is 64.0 Å². The third-order valence-electron chi connectivity index (χ3n) is 13.5. The number of aromatic nitrogens is 10. The molecule has 0 radical (unpaired) electrons. The van der Waals surface area contributed by atoms with Crippen molar-refractivity contribution in [2.24, 2.45) is 25.9 Å². The number of aliphatic hydroxyl groups excluding tert-OH is 1. The second-order valence-corrected chi connectivity index (χ2v) is 23.9. The predicted octanol–water partition coefficient (Wildman–Crippen LogP) is 14.8. The zero-order valence-electron chi connectivity index (χ0n) is 44.2. The predicted molar refractivity (Wildman–Crippen MR) is 314 cm³/mol. The largest absolute Gasteiger partial charge is 0.478 e. The number of halogens is 7. The highest BCUT2D eigenvalue weighted by molar-refractivity contribution is 9.11. The molecular weight excluding hydrogens is 1320 g/mol. The van der Waals surface area contributed by atoms with Crippen molar-refractivity contribution < 1.29 is 24.1 Å². The third kappa shape index (κ3) is 14.0. The van der Waals surface area contributed by atoms with Crippen LogP contribution in [0.3, 0.4) is 0 Å². The molecule has 416 valence electrons. The number of benzene rings is 2. The van der Waals surface area contributed by atoms with Crippen LogP contribution in [0.15, 0.2) is 79.1 Å². The quantitative estimate of drug-likeness (QED) is 0.0707. The summed E-state index contributed by atoms with van der Waals surface area (Å²) < 4.78 is 29.1. The van der Waals surface area contributed by atoms with Crippen molar-refractivity contribution in [3.05, 3.63) is 171 Å². The van der Waals surface area contributed by atoms with E-state index >= 15 is 0 Å². The Morgan fingerprint density at radius 1 is 0.671 bits per heavy atom. The molecule has 6 heterocycles. The van der Waals surface area contributed by atoms with Crippen molar-refractivity contribution >= 4 is 98.6 Å². The number of ether oxygens (including phenoxy) is 1. The SMILES string of the molecule is Cc1ccc(-c2nn(C)c(Cl)c2Cc2c(C)nn(CC3CC3)c2Br)c([C@@H](C)O)c1.Cc1ccc(-c2nn(C)c(Cl)c2Cc2c(C)nn(CC3CC3)c2Br)c([C@@H](C)Oc2cc(Br)cnc2[N+](=O)[O-])c1.O=[N+]([O-])c1ncc(Br)cc1F. The molecule has 1 N–H and O–H groups in total. The third-order valence-corrected chi connectivity index (χ3v) is 17.1. The number of aryl methyl sites for hydroxylation is 6. The molecule has 2 fully saturated rings. The number of hydrogen-bond acceptors (Lipinski definition) is 12. The monoisotopic (exact) mass is 1370 g/mol. The standard InChI is InChI=1S/C27H27Br2ClN6O3.C22H26BrClN4O.C5H2BrFN2O2/c1-14-5-8-19(21(9-14)16(3)39-23-10-18(28)12-31-27(23)36(37)38)24-22(26(30)34(4)33-24)11-20-15(2)32-35(25(20)29)13-17-6-7-17;1-12-5-8-16(18(9-12)14(3)29)20-19(22(24)27(4)26-20)10-17-13(2)25-28(21(17)23)11-15-6-7-15;6-3-1-4(7)5(8-2-3)9(10)11/h5,8-10,12,16-17H,6-7,11,13H2,1-4H3;5,8-9,14-15,29H,6-7,10-11H2,1-4H3;1-2H/t16-;14-;/m11./s1. The number of aliphatic hydroxyl groups is 1. The van der Waals surface area contributed by atoms with Gasteiger partial charge in [0.1, 0.15) is 25.6 Å². The summed E-state index contributed by atoms with van der Waals surface area (Å²) in [6, 6.07) is 14.7. The molecule has 6 aromatic heterocycles. The van der Waals surface area contributed by atoms with Gasteiger partial charge in [0.05, 0.1) is 37.8 Å². The zero-order chi connectivity index (χ0) is 57.3. The maximum Gasteiger partial charge on any atom is 0.406 e. The summed E-state index contributed by atoms with van der Waals surface area (Å²) in [6.45, 7) is 13.6. The molecule has 0 saturated heterocycles. The molecule has 2 atom stereocenters. The fourth-order valence-corrected chi connectivity index (χ4v) is 11.3. The number of nitro groups is 2. The maximum atomic E-state index is 12.6. The van der Waals surface area contributed by atoms with E-state index in [2.05, 4.69) is 78.4 Å². The van der Waals surface area contributed by atoms with Crippen LogP contribution in [-0.2, 0) is 40.0 Å². The van der Waals surface area contributed by atoms with Crippen LogP contribution in [0, 0.1) is 65.6 Å². The lowest BCUT2D eigenvalue weighted by Crippen LogP contribution is -2.08. The van der Waals surface area contributed by atoms with Gasteiger partial charge in [-0.3, -0.25) is 18.7 Å². The molecule has 10 rings (SSSR count). The summed E-state index contributed by atoms with van der Waals surface area (Å²) >= 11 is 27.3. The highest BCUT2D eigenvalue weighted by atomic mass is 79.9. The Hall–Kier alpha value is -5.43. The van der Waals surface area contributed by atoms with Gasteiger partial charge in [-0.05, 0) is 168 Å². The Kier molecular flexibility index (Phi) is 19.0. The summed E-state index contributed by atoms with van der Waals surface area (Å²) in [5.41, 5.74) is 13.1. The Balaban J connectivity index is 0.000000179. The summed E-state index contributed by atoms with van der Waals surface area (Å²) in [5.74, 6) is -0.519. The van der Waals surface area contributed by atoms with Crippen LogP contribution in [0.2, 0.25) is 10.3 Å². The van der Waals surface area contributed by atoms with Crippen molar-refractivity contribution in [2.45, 2.75) is 105 Å². The van der Waals surface area contributed by atoms with Gasteiger partial charge < -0.3 is 30.1 Å². The molecule has 0 unspecified atom stereocenters. The molecule has 2 aliphatic rings. The first-order chi connectivity index (χ1) is 37.4. The van der Waals surface area contributed by atoms with E-state index in [1.54, 1.807) is 22.4 Å². The molecule has 18 nitrogen and oxygen atoms in total. The van der Waals surface area contributed by atoms with Crippen LogP contribution in [0.1, 0.15) is 108 Å². The van der Waals surface area contributed by atoms with E-state index in [-0.39, 0.29) is 11.6 Å². The van der Waals surface area contributed by atoms with E-state index in [0.717, 1.165) is 113 Å². The lowest BCUT2D eigenvalue weighted by Gasteiger charge is -2.19. The second kappa shape index (κ2) is 25.2. The maximum absolute atomic E-state index is 12.6. The van der Waals surface area contributed by atoms with Gasteiger partial charge in [-0.1, -0.05) is 70.7 Å². The first kappa shape index (κ1) is 59.7. The molecule has 0 spiro atoms. The van der Waals surface area contributed by atoms with E-state index in [1.807, 2.05) is 89.8 Å². The summed E-state index contributed by atoms with van der Waals surface area (Å²) in [4.78, 5) is 27.4. The van der Waals surface area contributed by atoms with Gasteiger partial charge >= 0.3 is 11.6 Å². The molecule has 2 aromatic carbocycles. The van der Waals surface area contributed by atoms with Crippen molar-refractivity contribution in [3.8, 4) is 28.3 Å². The van der Waals surface area contributed by atoms with Crippen LogP contribution >= 0.6 is 86.9 Å². The zero-order valence-corrected chi connectivity index (χ0v) is 52.1. The Morgan fingerprint density at radius 3 is 1.53 bits per heavy atom. The molecular formula is C54H55Br4Cl2FN12O6. The second-order valence-electron chi connectivity index (χ2n) is 19.9. The highest BCUT2D eigenvalue weighted by Gasteiger charge is 2.30. The molecule has 8 aromatic rings. The van der Waals surface area contributed by atoms with Crippen LogP contribution in [0.4, 0.5) is 16.0 Å². The van der Waals surface area contributed by atoms with Crippen molar-refractivity contribution in [3.63, 3.8) is 0 Å². The van der Waals surface area contributed by atoms with Crippen LogP contribution in [0.25, 0.3) is 22.5 Å². The van der Waals surface area contributed by atoms with Crippen molar-refractivity contribution in [2.75, 3.05) is 0 Å². The summed E-state index contributed by atoms with van der Waals surface area (Å²) in [5, 5.41) is 52.1. The fraction of sp³-hybridized carbons (Fsp3) is 0.370. The molecule has 2 saturated carbocycles. The molecule has 25 heteroatoms. The van der Waals surface area contributed by atoms with Crippen molar-refractivity contribution in [1.29, 1.82) is 0 Å². The number of rotatable bonds is 16. The minimum Gasteiger partial charge on any atom is -0.478 e. The van der Waals surface area contributed by atoms with Crippen molar-refractivity contribution in [1.82, 2.24) is 49.1 Å². The lowest BCUT2D eigenvalue weighted by molar-refractivity contribution is -0.392. The molecule has 0 aliphatic heterocycles. The van der Waals surface area contributed by atoms with E-state index in [0.29, 0.717) is 38.0 Å². The van der Waals surface area contributed by atoms with Gasteiger partial charge in [-0.25, -0.2) is 0 Å². The number of pyridine rings is 2. The Labute approximate surface area is 498 Å². The fourth-order valence-electron chi connectivity index (χ4n) is 9.02. The molecule has 0 amide bonds. The van der Waals surface area contributed by atoms with E-state index in [4.69, 9.17) is 48.3 Å². The van der Waals surface area contributed by atoms with Crippen LogP contribution in [0.5, 0.6) is 5.75 Å². The van der Waals surface area contributed by atoms with Gasteiger partial charge in [0.2, 0.25) is 11.6 Å². The highest BCUT2D eigenvalue weighted by Crippen LogP contribution is 2.42. The lowest BCUT2D eigenvalue weighted by atomic mass is 9.94. The number of hydrogen-bond donors (Lipinski definition) is 1. The summed E-state index contributed by atoms with van der Waals surface area (Å²) in [7, 11) is 3.67. The minimum absolute atomic E-state index is 0.0799. The van der Waals surface area contributed by atoms with Gasteiger partial charge in [0.25, 0.3) is 0 Å². The average Bonchev–Trinajstić information content (AvgIpc) is 4.38. The van der Waals surface area contributed by atoms with Gasteiger partial charge in [-0.2, -0.15) is 24.8 Å². The van der Waals surface area contributed by atoms with Gasteiger partial charge in [0, 0.05) is 91.1 Å². The van der Waals surface area contributed by atoms with Gasteiger partial charge in [0.15, 0.2) is 12.4 Å². The first-order valence-electron chi connectivity index (χ1n) is 25.1. The van der Waals surface area contributed by atoms with Gasteiger partial charge in [-0.15, -0.1) is 0 Å². The normalized spacial score (nSPS) is 13.8. The van der Waals surface area contributed by atoms with E-state index in [1.165, 1.54) is 38.1 Å². The van der Waals surface area contributed by atoms with Crippen LogP contribution < -0.4 is 4.74 Å². The smallest absolute Gasteiger partial charge is 0.406 e. The van der Waals surface area contributed by atoms with E-state index in [9.17, 15) is 29.7 Å². The average molecular weight is 1380 g/mol. The minimum atomic E-state index is -0.940. The first-order valence-corrected chi connectivity index (χ1v) is 29.0. The molecule has 0 bridgehead atoms. The molecule has 2 aliphatic carbocycles.